The van der Waals surface area contributed by atoms with Crippen LogP contribution in [0.4, 0.5) is 5.69 Å². The van der Waals surface area contributed by atoms with E-state index in [1.165, 1.54) is 18.2 Å². The third-order valence-electron chi connectivity index (χ3n) is 3.28. The number of anilines is 1. The van der Waals surface area contributed by atoms with Gasteiger partial charge in [-0.25, -0.2) is 0 Å². The Labute approximate surface area is 128 Å². The second-order valence-electron chi connectivity index (χ2n) is 4.96. The van der Waals surface area contributed by atoms with E-state index in [2.05, 4.69) is 0 Å². The number of carbonyl (C=O) groups excluding carboxylic acids is 3. The Morgan fingerprint density at radius 1 is 1.09 bits per heavy atom. The van der Waals surface area contributed by atoms with Gasteiger partial charge in [-0.2, -0.15) is 0 Å². The Bertz CT molecular complexity index is 660. The highest BCUT2D eigenvalue weighted by molar-refractivity contribution is 6.17. The molecule has 6 nitrogen and oxygen atoms in total. The number of primary amides is 1. The van der Waals surface area contributed by atoms with E-state index in [-0.39, 0.29) is 24.7 Å². The van der Waals surface area contributed by atoms with Gasteiger partial charge in [0.2, 0.25) is 5.91 Å². The third kappa shape index (κ3) is 3.89. The maximum Gasteiger partial charge on any atom is 0.236 e. The van der Waals surface area contributed by atoms with Crippen LogP contribution in [0.15, 0.2) is 48.1 Å². The number of nitrogens with two attached hydrogens (primary N) is 2. The van der Waals surface area contributed by atoms with Crippen molar-refractivity contribution in [1.82, 2.24) is 0 Å². The molecule has 22 heavy (non-hydrogen) atoms. The molecule has 0 unspecified atom stereocenters. The second-order valence-corrected chi connectivity index (χ2v) is 4.96. The molecular formula is C16H17N3O3. The fourth-order valence-corrected chi connectivity index (χ4v) is 2.15. The molecule has 0 saturated heterocycles. The van der Waals surface area contributed by atoms with Gasteiger partial charge in [-0.3, -0.25) is 14.4 Å². The minimum Gasteiger partial charge on any atom is -0.368 e. The molecule has 1 amide bonds. The van der Waals surface area contributed by atoms with Crippen molar-refractivity contribution in [2.24, 2.45) is 11.5 Å². The van der Waals surface area contributed by atoms with Crippen LogP contribution in [0.25, 0.3) is 0 Å². The van der Waals surface area contributed by atoms with Crippen molar-refractivity contribution in [3.8, 4) is 0 Å². The summed E-state index contributed by atoms with van der Waals surface area (Å²) < 4.78 is 0. The molecule has 1 aromatic carbocycles. The maximum atomic E-state index is 11.8. The van der Waals surface area contributed by atoms with E-state index in [4.69, 9.17) is 11.5 Å². The Morgan fingerprint density at radius 3 is 2.36 bits per heavy atom. The molecule has 0 saturated carbocycles. The Balaban J connectivity index is 2.24. The first-order valence-corrected chi connectivity index (χ1v) is 6.79. The molecular weight excluding hydrogens is 282 g/mol. The molecule has 6 heteroatoms. The summed E-state index contributed by atoms with van der Waals surface area (Å²) in [6.45, 7) is 0.503. The van der Waals surface area contributed by atoms with E-state index in [9.17, 15) is 14.4 Å². The highest BCUT2D eigenvalue weighted by Gasteiger charge is 2.18. The predicted octanol–water partition coefficient (Wildman–Crippen LogP) is 0.0714. The van der Waals surface area contributed by atoms with Gasteiger partial charge in [0.05, 0.1) is 6.54 Å². The van der Waals surface area contributed by atoms with Crippen molar-refractivity contribution >= 4 is 23.2 Å². The second kappa shape index (κ2) is 6.82. The average molecular weight is 299 g/mol. The van der Waals surface area contributed by atoms with Crippen LogP contribution in [0.5, 0.6) is 0 Å². The van der Waals surface area contributed by atoms with Crippen LogP contribution in [-0.4, -0.2) is 30.6 Å². The van der Waals surface area contributed by atoms with Crippen LogP contribution in [-0.2, 0) is 20.9 Å². The number of ketones is 2. The van der Waals surface area contributed by atoms with Gasteiger partial charge >= 0.3 is 0 Å². The van der Waals surface area contributed by atoms with Crippen LogP contribution in [0, 0.1) is 0 Å². The first-order valence-electron chi connectivity index (χ1n) is 6.79. The van der Waals surface area contributed by atoms with Crippen molar-refractivity contribution in [2.75, 3.05) is 18.0 Å². The molecule has 0 fully saturated rings. The van der Waals surface area contributed by atoms with Gasteiger partial charge in [0.1, 0.15) is 0 Å². The minimum absolute atomic E-state index is 0.0511. The quantitative estimate of drug-likeness (QED) is 0.723. The summed E-state index contributed by atoms with van der Waals surface area (Å²) in [5, 5.41) is 0. The number of hydrogen-bond donors (Lipinski definition) is 2. The van der Waals surface area contributed by atoms with Gasteiger partial charge in [0.25, 0.3) is 0 Å². The zero-order chi connectivity index (χ0) is 16.1. The molecule has 0 atom stereocenters. The SMILES string of the molecule is NCc1ccc(N(CC(N)=O)CC2=CC(=O)C=CC2=O)cc1. The smallest absolute Gasteiger partial charge is 0.236 e. The number of amides is 1. The molecule has 114 valence electrons. The standard InChI is InChI=1S/C16H17N3O3/c17-8-11-1-3-13(4-2-11)19(10-16(18)22)9-12-7-14(20)5-6-15(12)21/h1-7H,8-10,17H2,(H2,18,22). The third-order valence-corrected chi connectivity index (χ3v) is 3.28. The van der Waals surface area contributed by atoms with E-state index < -0.39 is 5.91 Å². The Morgan fingerprint density at radius 2 is 1.77 bits per heavy atom. The van der Waals surface area contributed by atoms with Gasteiger partial charge in [-0.15, -0.1) is 0 Å². The number of benzene rings is 1. The monoisotopic (exact) mass is 299 g/mol. The molecule has 2 rings (SSSR count). The van der Waals surface area contributed by atoms with Crippen molar-refractivity contribution in [1.29, 1.82) is 0 Å². The molecule has 0 aliphatic heterocycles. The van der Waals surface area contributed by atoms with Crippen molar-refractivity contribution in [3.05, 3.63) is 53.6 Å². The van der Waals surface area contributed by atoms with Gasteiger partial charge in [-0.05, 0) is 35.9 Å². The van der Waals surface area contributed by atoms with Crippen LogP contribution >= 0.6 is 0 Å². The van der Waals surface area contributed by atoms with Crippen LogP contribution in [0.2, 0.25) is 0 Å². The van der Waals surface area contributed by atoms with Crippen molar-refractivity contribution in [2.45, 2.75) is 6.54 Å². The first kappa shape index (κ1) is 15.7. The summed E-state index contributed by atoms with van der Waals surface area (Å²) in [6.07, 6.45) is 3.74. The predicted molar refractivity (Wildman–Crippen MR) is 83.0 cm³/mol. The zero-order valence-corrected chi connectivity index (χ0v) is 12.0. The fourth-order valence-electron chi connectivity index (χ4n) is 2.15. The minimum atomic E-state index is -0.520. The molecule has 0 radical (unpaired) electrons. The number of allylic oxidation sites excluding steroid dienone is 3. The summed E-state index contributed by atoms with van der Waals surface area (Å²) in [7, 11) is 0. The van der Waals surface area contributed by atoms with E-state index in [0.29, 0.717) is 12.1 Å². The Kier molecular flexibility index (Phi) is 4.85. The fraction of sp³-hybridized carbons (Fsp3) is 0.188. The van der Waals surface area contributed by atoms with Crippen molar-refractivity contribution in [3.63, 3.8) is 0 Å². The van der Waals surface area contributed by atoms with Gasteiger partial charge in [0.15, 0.2) is 11.6 Å². The number of rotatable bonds is 6. The molecule has 1 aromatic rings. The molecule has 0 bridgehead atoms. The molecule has 4 N–H and O–H groups in total. The summed E-state index contributed by atoms with van der Waals surface area (Å²) in [6, 6.07) is 7.28. The van der Waals surface area contributed by atoms with E-state index >= 15 is 0 Å². The lowest BCUT2D eigenvalue weighted by Gasteiger charge is -2.24. The van der Waals surface area contributed by atoms with E-state index in [0.717, 1.165) is 11.3 Å². The van der Waals surface area contributed by atoms with Crippen molar-refractivity contribution < 1.29 is 14.4 Å². The molecule has 0 aromatic heterocycles. The average Bonchev–Trinajstić information content (AvgIpc) is 2.50. The molecule has 1 aliphatic carbocycles. The lowest BCUT2D eigenvalue weighted by Crippen LogP contribution is -2.36. The lowest BCUT2D eigenvalue weighted by molar-refractivity contribution is -0.117. The molecule has 1 aliphatic rings. The normalized spacial score (nSPS) is 14.0. The molecule has 0 spiro atoms. The molecule has 0 heterocycles. The van der Waals surface area contributed by atoms with E-state index in [1.807, 2.05) is 12.1 Å². The van der Waals surface area contributed by atoms with Gasteiger partial charge in [0, 0.05) is 24.4 Å². The van der Waals surface area contributed by atoms with Crippen LogP contribution in [0.3, 0.4) is 0 Å². The number of hydrogen-bond acceptors (Lipinski definition) is 5. The Hall–Kier alpha value is -2.73. The largest absolute Gasteiger partial charge is 0.368 e. The van der Waals surface area contributed by atoms with E-state index in [1.54, 1.807) is 17.0 Å². The summed E-state index contributed by atoms with van der Waals surface area (Å²) >= 11 is 0. The first-order chi connectivity index (χ1) is 10.5. The summed E-state index contributed by atoms with van der Waals surface area (Å²) in [5.74, 6) is -1.01. The topological polar surface area (TPSA) is 106 Å². The van der Waals surface area contributed by atoms with Gasteiger partial charge < -0.3 is 16.4 Å². The zero-order valence-electron chi connectivity index (χ0n) is 12.0. The maximum absolute atomic E-state index is 11.8. The lowest BCUT2D eigenvalue weighted by atomic mass is 10.0. The van der Waals surface area contributed by atoms with Gasteiger partial charge in [-0.1, -0.05) is 12.1 Å². The van der Waals surface area contributed by atoms with Crippen LogP contribution < -0.4 is 16.4 Å². The highest BCUT2D eigenvalue weighted by Crippen LogP contribution is 2.18. The summed E-state index contributed by atoms with van der Waals surface area (Å²) in [4.78, 5) is 36.1. The number of nitrogens with zero attached hydrogens (tertiary/aromatic N) is 1. The highest BCUT2D eigenvalue weighted by atomic mass is 16.1. The van der Waals surface area contributed by atoms with Crippen LogP contribution in [0.1, 0.15) is 5.56 Å². The number of carbonyl (C=O) groups is 3. The summed E-state index contributed by atoms with van der Waals surface area (Å²) in [5.41, 5.74) is 12.8.